The summed E-state index contributed by atoms with van der Waals surface area (Å²) in [6, 6.07) is 13.0. The number of pyridine rings is 1. The first kappa shape index (κ1) is 15.8. The van der Waals surface area contributed by atoms with Gasteiger partial charge in [-0.15, -0.1) is 0 Å². The van der Waals surface area contributed by atoms with E-state index in [1.807, 2.05) is 57.2 Å². The molecular formula is C18H20N2O2. The fourth-order valence-electron chi connectivity index (χ4n) is 2.39. The fraction of sp³-hybridized carbons (Fsp3) is 0.333. The Hall–Kier alpha value is -2.54. The molecule has 4 nitrogen and oxygen atoms in total. The van der Waals surface area contributed by atoms with Gasteiger partial charge in [-0.25, -0.2) is 0 Å². The van der Waals surface area contributed by atoms with Crippen molar-refractivity contribution in [1.82, 2.24) is 4.57 Å². The Morgan fingerprint density at radius 3 is 2.59 bits per heavy atom. The summed E-state index contributed by atoms with van der Waals surface area (Å²) in [6.07, 6.45) is 0.915. The summed E-state index contributed by atoms with van der Waals surface area (Å²) in [6.45, 7) is 6.54. The highest BCUT2D eigenvalue weighted by atomic mass is 16.5. The molecule has 0 bridgehead atoms. The minimum absolute atomic E-state index is 0.0463. The highest BCUT2D eigenvalue weighted by molar-refractivity contribution is 5.68. The van der Waals surface area contributed by atoms with Crippen molar-refractivity contribution >= 4 is 0 Å². The lowest BCUT2D eigenvalue weighted by molar-refractivity contribution is 0.318. The van der Waals surface area contributed by atoms with Gasteiger partial charge in [0.2, 0.25) is 0 Å². The first-order valence-corrected chi connectivity index (χ1v) is 7.48. The van der Waals surface area contributed by atoms with Gasteiger partial charge in [0.25, 0.3) is 5.56 Å². The zero-order valence-electron chi connectivity index (χ0n) is 13.2. The number of benzene rings is 1. The second-order valence-electron chi connectivity index (χ2n) is 5.36. The van der Waals surface area contributed by atoms with Crippen LogP contribution in [0.3, 0.4) is 0 Å². The summed E-state index contributed by atoms with van der Waals surface area (Å²) in [7, 11) is 0. The molecule has 4 heteroatoms. The van der Waals surface area contributed by atoms with E-state index in [-0.39, 0.29) is 17.2 Å². The van der Waals surface area contributed by atoms with Gasteiger partial charge >= 0.3 is 0 Å². The lowest BCUT2D eigenvalue weighted by Gasteiger charge is -2.19. The Labute approximate surface area is 130 Å². The molecule has 1 heterocycles. The molecular weight excluding hydrogens is 276 g/mol. The number of rotatable bonds is 5. The van der Waals surface area contributed by atoms with Crippen molar-refractivity contribution in [2.24, 2.45) is 0 Å². The molecule has 0 amide bonds. The summed E-state index contributed by atoms with van der Waals surface area (Å²) < 4.78 is 7.44. The summed E-state index contributed by atoms with van der Waals surface area (Å²) in [5.74, 6) is 0.753. The molecule has 0 unspecified atom stereocenters. The maximum Gasteiger partial charge on any atom is 0.269 e. The van der Waals surface area contributed by atoms with E-state index in [2.05, 4.69) is 0 Å². The minimum atomic E-state index is -0.264. The van der Waals surface area contributed by atoms with Crippen LogP contribution in [0.1, 0.15) is 38.8 Å². The van der Waals surface area contributed by atoms with Crippen molar-refractivity contribution in [1.29, 1.82) is 5.26 Å². The van der Waals surface area contributed by atoms with Gasteiger partial charge in [0.1, 0.15) is 17.4 Å². The second kappa shape index (κ2) is 6.95. The lowest BCUT2D eigenvalue weighted by Crippen LogP contribution is -2.25. The molecule has 0 radical (unpaired) electrons. The van der Waals surface area contributed by atoms with Crippen LogP contribution in [0.4, 0.5) is 0 Å². The SMILES string of the molecule is CCCOc1ccccc1-c1ccc(C#N)c(=O)n1C(C)C. The Morgan fingerprint density at radius 2 is 1.95 bits per heavy atom. The molecule has 114 valence electrons. The number of nitrogens with zero attached hydrogens (tertiary/aromatic N) is 2. The number of hydrogen-bond donors (Lipinski definition) is 0. The number of para-hydroxylation sites is 1. The van der Waals surface area contributed by atoms with Gasteiger partial charge in [-0.1, -0.05) is 19.1 Å². The molecule has 1 aromatic heterocycles. The van der Waals surface area contributed by atoms with Crippen molar-refractivity contribution in [2.75, 3.05) is 6.61 Å². The van der Waals surface area contributed by atoms with Crippen molar-refractivity contribution in [3.63, 3.8) is 0 Å². The zero-order valence-corrected chi connectivity index (χ0v) is 13.2. The van der Waals surface area contributed by atoms with Crippen LogP contribution in [0, 0.1) is 11.3 Å². The third-order valence-electron chi connectivity index (χ3n) is 3.38. The summed E-state index contributed by atoms with van der Waals surface area (Å²) >= 11 is 0. The van der Waals surface area contributed by atoms with Crippen LogP contribution in [0.15, 0.2) is 41.2 Å². The molecule has 1 aromatic carbocycles. The standard InChI is InChI=1S/C18H20N2O2/c1-4-11-22-17-8-6-5-7-15(17)16-10-9-14(12-19)18(21)20(16)13(2)3/h5-10,13H,4,11H2,1-3H3. The maximum absolute atomic E-state index is 12.5. The largest absolute Gasteiger partial charge is 0.493 e. The lowest BCUT2D eigenvalue weighted by atomic mass is 10.1. The average molecular weight is 296 g/mol. The van der Waals surface area contributed by atoms with Crippen LogP contribution in [0.5, 0.6) is 5.75 Å². The quantitative estimate of drug-likeness (QED) is 0.844. The summed E-state index contributed by atoms with van der Waals surface area (Å²) in [5, 5.41) is 9.07. The van der Waals surface area contributed by atoms with Crippen LogP contribution in [-0.4, -0.2) is 11.2 Å². The van der Waals surface area contributed by atoms with Crippen LogP contribution in [-0.2, 0) is 0 Å². The van der Waals surface area contributed by atoms with Gasteiger partial charge in [-0.3, -0.25) is 4.79 Å². The van der Waals surface area contributed by atoms with Crippen molar-refractivity contribution in [2.45, 2.75) is 33.2 Å². The van der Waals surface area contributed by atoms with E-state index in [0.717, 1.165) is 23.4 Å². The van der Waals surface area contributed by atoms with E-state index in [9.17, 15) is 4.79 Å². The normalized spacial score (nSPS) is 10.5. The molecule has 0 aliphatic rings. The Bertz CT molecular complexity index is 754. The molecule has 0 atom stereocenters. The highest BCUT2D eigenvalue weighted by Crippen LogP contribution is 2.30. The van der Waals surface area contributed by atoms with E-state index in [4.69, 9.17) is 10.00 Å². The second-order valence-corrected chi connectivity index (χ2v) is 5.36. The first-order chi connectivity index (χ1) is 10.6. The van der Waals surface area contributed by atoms with Gasteiger partial charge in [0, 0.05) is 11.6 Å². The van der Waals surface area contributed by atoms with E-state index in [1.54, 1.807) is 10.6 Å². The molecule has 2 rings (SSSR count). The molecule has 0 saturated heterocycles. The van der Waals surface area contributed by atoms with Crippen molar-refractivity contribution in [3.05, 3.63) is 52.3 Å². The zero-order chi connectivity index (χ0) is 16.1. The molecule has 0 spiro atoms. The summed E-state index contributed by atoms with van der Waals surface area (Å²) in [4.78, 5) is 12.5. The highest BCUT2D eigenvalue weighted by Gasteiger charge is 2.15. The van der Waals surface area contributed by atoms with Crippen molar-refractivity contribution < 1.29 is 4.74 Å². The molecule has 0 aliphatic heterocycles. The molecule has 22 heavy (non-hydrogen) atoms. The molecule has 0 fully saturated rings. The minimum Gasteiger partial charge on any atom is -0.493 e. The average Bonchev–Trinajstić information content (AvgIpc) is 2.52. The number of hydrogen-bond acceptors (Lipinski definition) is 3. The molecule has 2 aromatic rings. The van der Waals surface area contributed by atoms with Crippen LogP contribution < -0.4 is 10.3 Å². The predicted molar refractivity (Wildman–Crippen MR) is 87.0 cm³/mol. The van der Waals surface area contributed by atoms with Crippen LogP contribution >= 0.6 is 0 Å². The summed E-state index contributed by atoms with van der Waals surface area (Å²) in [5.41, 5.74) is 1.53. The smallest absolute Gasteiger partial charge is 0.269 e. The van der Waals surface area contributed by atoms with Gasteiger partial charge in [-0.05, 0) is 44.5 Å². The molecule has 0 N–H and O–H groups in total. The maximum atomic E-state index is 12.5. The van der Waals surface area contributed by atoms with Crippen LogP contribution in [0.25, 0.3) is 11.3 Å². The van der Waals surface area contributed by atoms with Gasteiger partial charge in [-0.2, -0.15) is 5.26 Å². The monoisotopic (exact) mass is 296 g/mol. The topological polar surface area (TPSA) is 55.0 Å². The van der Waals surface area contributed by atoms with E-state index in [1.165, 1.54) is 0 Å². The molecule has 0 aliphatic carbocycles. The Kier molecular flexibility index (Phi) is 5.00. The van der Waals surface area contributed by atoms with Gasteiger partial charge in [0.15, 0.2) is 0 Å². The van der Waals surface area contributed by atoms with E-state index < -0.39 is 0 Å². The third-order valence-corrected chi connectivity index (χ3v) is 3.38. The van der Waals surface area contributed by atoms with Gasteiger partial charge in [0.05, 0.1) is 12.3 Å². The molecule has 0 saturated carbocycles. The number of ether oxygens (including phenoxy) is 1. The third kappa shape index (κ3) is 3.04. The van der Waals surface area contributed by atoms with E-state index in [0.29, 0.717) is 6.61 Å². The Balaban J connectivity index is 2.66. The van der Waals surface area contributed by atoms with Crippen LogP contribution in [0.2, 0.25) is 0 Å². The van der Waals surface area contributed by atoms with E-state index >= 15 is 0 Å². The predicted octanol–water partition coefficient (Wildman–Crippen LogP) is 3.76. The van der Waals surface area contributed by atoms with Gasteiger partial charge < -0.3 is 9.30 Å². The number of nitriles is 1. The van der Waals surface area contributed by atoms with Crippen molar-refractivity contribution in [3.8, 4) is 23.1 Å². The first-order valence-electron chi connectivity index (χ1n) is 7.48. The Morgan fingerprint density at radius 1 is 1.23 bits per heavy atom. The number of aromatic nitrogens is 1. The fourth-order valence-corrected chi connectivity index (χ4v) is 2.39.